The number of amides is 1. The summed E-state index contributed by atoms with van der Waals surface area (Å²) in [7, 11) is -3.65. The topological polar surface area (TPSA) is 75.7 Å². The molecule has 0 fully saturated rings. The molecular weight excluding hydrogens is 412 g/mol. The predicted octanol–water partition coefficient (Wildman–Crippen LogP) is 3.64. The van der Waals surface area contributed by atoms with Crippen molar-refractivity contribution in [2.75, 3.05) is 23.7 Å². The van der Waals surface area contributed by atoms with Crippen molar-refractivity contribution in [3.8, 4) is 5.75 Å². The van der Waals surface area contributed by atoms with Crippen LogP contribution < -0.4 is 14.4 Å². The van der Waals surface area contributed by atoms with Crippen LogP contribution in [0.25, 0.3) is 0 Å². The summed E-state index contributed by atoms with van der Waals surface area (Å²) in [5, 5.41) is 3.51. The average molecular weight is 439 g/mol. The number of aryl methyl sites for hydroxylation is 1. The van der Waals surface area contributed by atoms with Crippen molar-refractivity contribution in [3.63, 3.8) is 0 Å². The normalized spacial score (nSPS) is 12.3. The molecule has 0 aliphatic heterocycles. The lowest BCUT2D eigenvalue weighted by Crippen LogP contribution is -2.48. The van der Waals surface area contributed by atoms with E-state index in [1.165, 1.54) is 0 Å². The molecule has 0 aromatic heterocycles. The maximum Gasteiger partial charge on any atom is 0.243 e. The highest BCUT2D eigenvalue weighted by Gasteiger charge is 2.28. The van der Waals surface area contributed by atoms with E-state index in [-0.39, 0.29) is 5.91 Å². The molecule has 0 aliphatic rings. The molecule has 1 unspecified atom stereocenters. The smallest absolute Gasteiger partial charge is 0.243 e. The summed E-state index contributed by atoms with van der Waals surface area (Å²) >= 11 is 5.87. The fraction of sp³-hybridized carbons (Fsp3) is 0.381. The van der Waals surface area contributed by atoms with Gasteiger partial charge in [-0.3, -0.25) is 9.10 Å². The number of benzene rings is 2. The molecule has 0 saturated carbocycles. The first-order valence-corrected chi connectivity index (χ1v) is 11.7. The molecule has 0 heterocycles. The number of anilines is 1. The summed E-state index contributed by atoms with van der Waals surface area (Å²) in [6, 6.07) is 13.3. The minimum absolute atomic E-state index is 0.347. The summed E-state index contributed by atoms with van der Waals surface area (Å²) in [5.74, 6) is 0.296. The SMILES string of the molecule is CCOc1ccc(N(C(C)C(=O)NCCCc2ccc(Cl)cc2)S(C)(=O)=O)cc1. The summed E-state index contributed by atoms with van der Waals surface area (Å²) < 4.78 is 31.2. The second-order valence-electron chi connectivity index (χ2n) is 6.68. The quantitative estimate of drug-likeness (QED) is 0.574. The third-order valence-electron chi connectivity index (χ3n) is 4.35. The first kappa shape index (κ1) is 23.0. The zero-order chi connectivity index (χ0) is 21.4. The number of halogens is 1. The van der Waals surface area contributed by atoms with E-state index in [9.17, 15) is 13.2 Å². The highest BCUT2D eigenvalue weighted by molar-refractivity contribution is 7.92. The number of sulfonamides is 1. The Kier molecular flexibility index (Phi) is 8.34. The third-order valence-corrected chi connectivity index (χ3v) is 5.84. The molecule has 1 amide bonds. The van der Waals surface area contributed by atoms with Gasteiger partial charge in [-0.1, -0.05) is 23.7 Å². The van der Waals surface area contributed by atoms with E-state index in [1.807, 2.05) is 31.2 Å². The van der Waals surface area contributed by atoms with Crippen molar-refractivity contribution in [2.45, 2.75) is 32.7 Å². The van der Waals surface area contributed by atoms with Crippen LogP contribution in [0.2, 0.25) is 5.02 Å². The van der Waals surface area contributed by atoms with Gasteiger partial charge in [0.25, 0.3) is 0 Å². The van der Waals surface area contributed by atoms with Crippen LogP contribution >= 0.6 is 11.6 Å². The first-order chi connectivity index (χ1) is 13.7. The van der Waals surface area contributed by atoms with Crippen LogP contribution in [0.5, 0.6) is 5.75 Å². The summed E-state index contributed by atoms with van der Waals surface area (Å²) in [5.41, 5.74) is 1.55. The molecule has 8 heteroatoms. The molecule has 158 valence electrons. The summed E-state index contributed by atoms with van der Waals surface area (Å²) in [6.07, 6.45) is 2.62. The molecule has 0 saturated heterocycles. The molecule has 0 bridgehead atoms. The van der Waals surface area contributed by atoms with Gasteiger partial charge in [0.1, 0.15) is 11.8 Å². The van der Waals surface area contributed by atoms with Gasteiger partial charge in [0.05, 0.1) is 18.6 Å². The molecule has 2 aromatic rings. The largest absolute Gasteiger partial charge is 0.494 e. The fourth-order valence-electron chi connectivity index (χ4n) is 2.97. The van der Waals surface area contributed by atoms with E-state index in [4.69, 9.17) is 16.3 Å². The van der Waals surface area contributed by atoms with Crippen molar-refractivity contribution >= 4 is 33.2 Å². The van der Waals surface area contributed by atoms with Gasteiger partial charge < -0.3 is 10.1 Å². The molecule has 29 heavy (non-hydrogen) atoms. The number of ether oxygens (including phenoxy) is 1. The fourth-order valence-corrected chi connectivity index (χ4v) is 4.27. The Bertz CT molecular complexity index is 899. The van der Waals surface area contributed by atoms with E-state index in [0.29, 0.717) is 29.6 Å². The molecule has 0 spiro atoms. The summed E-state index contributed by atoms with van der Waals surface area (Å²) in [6.45, 7) is 4.42. The number of rotatable bonds is 10. The molecule has 6 nitrogen and oxygen atoms in total. The maximum atomic E-state index is 12.6. The highest BCUT2D eigenvalue weighted by Crippen LogP contribution is 2.24. The number of hydrogen-bond acceptors (Lipinski definition) is 4. The predicted molar refractivity (Wildman–Crippen MR) is 117 cm³/mol. The zero-order valence-corrected chi connectivity index (χ0v) is 18.5. The van der Waals surface area contributed by atoms with Gasteiger partial charge in [0.15, 0.2) is 0 Å². The Morgan fingerprint density at radius 2 is 1.76 bits per heavy atom. The van der Waals surface area contributed by atoms with E-state index in [1.54, 1.807) is 31.2 Å². The Balaban J connectivity index is 1.98. The van der Waals surface area contributed by atoms with E-state index in [2.05, 4.69) is 5.32 Å². The van der Waals surface area contributed by atoms with Crippen LogP contribution in [0.3, 0.4) is 0 Å². The number of hydrogen-bond donors (Lipinski definition) is 1. The van der Waals surface area contributed by atoms with Crippen LogP contribution in [0, 0.1) is 0 Å². The molecule has 0 aliphatic carbocycles. The highest BCUT2D eigenvalue weighted by atomic mass is 35.5. The molecule has 2 rings (SSSR count). The Hall–Kier alpha value is -2.25. The Morgan fingerprint density at radius 1 is 1.14 bits per heavy atom. The van der Waals surface area contributed by atoms with Gasteiger partial charge in [-0.25, -0.2) is 8.42 Å². The van der Waals surface area contributed by atoms with Crippen molar-refractivity contribution in [1.29, 1.82) is 0 Å². The minimum Gasteiger partial charge on any atom is -0.494 e. The van der Waals surface area contributed by atoms with Gasteiger partial charge in [-0.2, -0.15) is 0 Å². The molecule has 0 radical (unpaired) electrons. The van der Waals surface area contributed by atoms with Crippen LogP contribution in [-0.2, 0) is 21.2 Å². The molecular formula is C21H27ClN2O4S. The number of nitrogens with one attached hydrogen (secondary N) is 1. The van der Waals surface area contributed by atoms with Crippen LogP contribution in [0.1, 0.15) is 25.8 Å². The zero-order valence-electron chi connectivity index (χ0n) is 16.9. The standard InChI is InChI=1S/C21H27ClN2O4S/c1-4-28-20-13-11-19(12-14-20)24(29(3,26)27)16(2)21(25)23-15-5-6-17-7-9-18(22)10-8-17/h7-14,16H,4-6,15H2,1-3H3,(H,23,25). The van der Waals surface area contributed by atoms with E-state index >= 15 is 0 Å². The third kappa shape index (κ3) is 6.94. The van der Waals surface area contributed by atoms with Gasteiger partial charge in [-0.15, -0.1) is 0 Å². The number of carbonyl (C=O) groups excluding carboxylic acids is 1. The maximum absolute atomic E-state index is 12.6. The lowest BCUT2D eigenvalue weighted by Gasteiger charge is -2.28. The Morgan fingerprint density at radius 3 is 2.31 bits per heavy atom. The van der Waals surface area contributed by atoms with Crippen molar-refractivity contribution in [3.05, 3.63) is 59.1 Å². The van der Waals surface area contributed by atoms with Crippen molar-refractivity contribution in [1.82, 2.24) is 5.32 Å². The van der Waals surface area contributed by atoms with E-state index in [0.717, 1.165) is 29.0 Å². The van der Waals surface area contributed by atoms with Crippen LogP contribution in [-0.4, -0.2) is 39.8 Å². The average Bonchev–Trinajstić information content (AvgIpc) is 2.67. The van der Waals surface area contributed by atoms with Gasteiger partial charge in [0, 0.05) is 11.6 Å². The first-order valence-electron chi connectivity index (χ1n) is 9.46. The molecule has 1 N–H and O–H groups in total. The lowest BCUT2D eigenvalue weighted by atomic mass is 10.1. The number of carbonyl (C=O) groups is 1. The summed E-state index contributed by atoms with van der Waals surface area (Å²) in [4.78, 5) is 12.6. The van der Waals surface area contributed by atoms with Gasteiger partial charge >= 0.3 is 0 Å². The second-order valence-corrected chi connectivity index (χ2v) is 8.98. The van der Waals surface area contributed by atoms with Gasteiger partial charge in [-0.05, 0) is 68.7 Å². The van der Waals surface area contributed by atoms with Crippen molar-refractivity contribution in [2.24, 2.45) is 0 Å². The molecule has 1 atom stereocenters. The molecule has 2 aromatic carbocycles. The Labute approximate surface area is 177 Å². The number of nitrogens with zero attached hydrogens (tertiary/aromatic N) is 1. The van der Waals surface area contributed by atoms with Crippen molar-refractivity contribution < 1.29 is 17.9 Å². The van der Waals surface area contributed by atoms with Crippen LogP contribution in [0.15, 0.2) is 48.5 Å². The minimum atomic E-state index is -3.65. The van der Waals surface area contributed by atoms with Crippen LogP contribution in [0.4, 0.5) is 5.69 Å². The second kappa shape index (κ2) is 10.5. The monoisotopic (exact) mass is 438 g/mol. The van der Waals surface area contributed by atoms with Gasteiger partial charge in [0.2, 0.25) is 15.9 Å². The van der Waals surface area contributed by atoms with E-state index < -0.39 is 16.1 Å². The lowest BCUT2D eigenvalue weighted by molar-refractivity contribution is -0.121.